The summed E-state index contributed by atoms with van der Waals surface area (Å²) in [5.41, 5.74) is 5.32. The van der Waals surface area contributed by atoms with Crippen molar-refractivity contribution in [2.45, 2.75) is 0 Å². The SMILES string of the molecule is NC(=O)C1=COSC=C1. The zero-order chi connectivity index (χ0) is 6.69. The summed E-state index contributed by atoms with van der Waals surface area (Å²) >= 11 is 1.15. The lowest BCUT2D eigenvalue weighted by atomic mass is 10.3. The van der Waals surface area contributed by atoms with Gasteiger partial charge in [-0.15, -0.1) is 0 Å². The third-order valence-corrected chi connectivity index (χ3v) is 1.27. The van der Waals surface area contributed by atoms with E-state index < -0.39 is 5.91 Å². The molecule has 0 atom stereocenters. The quantitative estimate of drug-likeness (QED) is 0.545. The Labute approximate surface area is 56.8 Å². The van der Waals surface area contributed by atoms with Crippen molar-refractivity contribution in [3.05, 3.63) is 23.3 Å². The number of nitrogens with two attached hydrogens (primary N) is 1. The van der Waals surface area contributed by atoms with E-state index in [1.54, 1.807) is 11.5 Å². The topological polar surface area (TPSA) is 52.3 Å². The Morgan fingerprint density at radius 2 is 2.56 bits per heavy atom. The largest absolute Gasteiger partial charge is 0.428 e. The first-order valence-electron chi connectivity index (χ1n) is 2.29. The fourth-order valence-electron chi connectivity index (χ4n) is 0.392. The Morgan fingerprint density at radius 1 is 1.78 bits per heavy atom. The minimum absolute atomic E-state index is 0.397. The lowest BCUT2D eigenvalue weighted by Crippen LogP contribution is -2.12. The maximum atomic E-state index is 10.4. The normalized spacial score (nSPS) is 16.2. The second kappa shape index (κ2) is 2.59. The molecule has 0 spiro atoms. The molecule has 1 amide bonds. The first-order chi connectivity index (χ1) is 4.30. The van der Waals surface area contributed by atoms with E-state index in [9.17, 15) is 4.79 Å². The molecule has 0 aromatic carbocycles. The molecule has 1 heterocycles. The maximum Gasteiger partial charge on any atom is 0.251 e. The zero-order valence-electron chi connectivity index (χ0n) is 4.53. The van der Waals surface area contributed by atoms with Gasteiger partial charge in [0.05, 0.1) is 17.6 Å². The Morgan fingerprint density at radius 3 is 2.89 bits per heavy atom. The molecule has 1 aliphatic rings. The molecule has 0 radical (unpaired) electrons. The molecular formula is C5H5NO2S. The summed E-state index contributed by atoms with van der Waals surface area (Å²) in [6.07, 6.45) is 2.93. The van der Waals surface area contributed by atoms with E-state index in [1.807, 2.05) is 0 Å². The smallest absolute Gasteiger partial charge is 0.251 e. The van der Waals surface area contributed by atoms with Crippen LogP contribution in [-0.4, -0.2) is 5.91 Å². The summed E-state index contributed by atoms with van der Waals surface area (Å²) in [7, 11) is 0. The third kappa shape index (κ3) is 1.50. The van der Waals surface area contributed by atoms with Crippen LogP contribution in [-0.2, 0) is 8.98 Å². The number of amides is 1. The lowest BCUT2D eigenvalue weighted by Gasteiger charge is -2.00. The molecule has 1 aliphatic heterocycles. The van der Waals surface area contributed by atoms with Gasteiger partial charge in [-0.25, -0.2) is 0 Å². The number of carbonyl (C=O) groups is 1. The molecule has 0 aromatic rings. The molecule has 48 valence electrons. The second-order valence-corrected chi connectivity index (χ2v) is 2.09. The molecule has 0 unspecified atom stereocenters. The predicted octanol–water partition coefficient (Wildman–Crippen LogP) is 0.548. The molecule has 0 bridgehead atoms. The molecule has 2 N–H and O–H groups in total. The Kier molecular flexibility index (Phi) is 1.79. The van der Waals surface area contributed by atoms with E-state index >= 15 is 0 Å². The highest BCUT2D eigenvalue weighted by Gasteiger charge is 2.03. The highest BCUT2D eigenvalue weighted by atomic mass is 32.2. The molecule has 0 fully saturated rings. The van der Waals surface area contributed by atoms with E-state index in [4.69, 9.17) is 9.92 Å². The van der Waals surface area contributed by atoms with Crippen LogP contribution in [0.1, 0.15) is 0 Å². The first kappa shape index (κ1) is 6.22. The van der Waals surface area contributed by atoms with Gasteiger partial charge in [0.2, 0.25) is 0 Å². The average Bonchev–Trinajstić information content (AvgIpc) is 1.90. The Hall–Kier alpha value is -0.900. The summed E-state index contributed by atoms with van der Waals surface area (Å²) in [6.45, 7) is 0. The van der Waals surface area contributed by atoms with Crippen molar-refractivity contribution in [1.29, 1.82) is 0 Å². The first-order valence-corrected chi connectivity index (χ1v) is 3.10. The van der Waals surface area contributed by atoms with Gasteiger partial charge in [-0.2, -0.15) is 0 Å². The highest BCUT2D eigenvalue weighted by molar-refractivity contribution is 7.97. The van der Waals surface area contributed by atoms with Crippen LogP contribution in [0.5, 0.6) is 0 Å². The number of rotatable bonds is 1. The van der Waals surface area contributed by atoms with Gasteiger partial charge in [0.25, 0.3) is 5.91 Å². The van der Waals surface area contributed by atoms with Crippen LogP contribution in [0.25, 0.3) is 0 Å². The van der Waals surface area contributed by atoms with Crippen molar-refractivity contribution in [1.82, 2.24) is 0 Å². The van der Waals surface area contributed by atoms with Gasteiger partial charge in [0.1, 0.15) is 6.26 Å². The van der Waals surface area contributed by atoms with Gasteiger partial charge in [-0.3, -0.25) is 4.79 Å². The van der Waals surface area contributed by atoms with Gasteiger partial charge in [0, 0.05) is 5.41 Å². The van der Waals surface area contributed by atoms with Crippen LogP contribution >= 0.6 is 12.0 Å². The molecule has 4 heteroatoms. The van der Waals surface area contributed by atoms with Crippen molar-refractivity contribution in [2.75, 3.05) is 0 Å². The van der Waals surface area contributed by atoms with Gasteiger partial charge in [-0.1, -0.05) is 0 Å². The maximum absolute atomic E-state index is 10.4. The van der Waals surface area contributed by atoms with Crippen molar-refractivity contribution in [2.24, 2.45) is 5.73 Å². The fourth-order valence-corrected chi connectivity index (χ4v) is 0.818. The predicted molar refractivity (Wildman–Crippen MR) is 35.1 cm³/mol. The van der Waals surface area contributed by atoms with Gasteiger partial charge >= 0.3 is 0 Å². The third-order valence-electron chi connectivity index (χ3n) is 0.818. The summed E-state index contributed by atoms with van der Waals surface area (Å²) in [5, 5.41) is 1.65. The minimum atomic E-state index is -0.466. The number of hydrogen-bond acceptors (Lipinski definition) is 3. The van der Waals surface area contributed by atoms with Crippen molar-refractivity contribution in [3.63, 3.8) is 0 Å². The summed E-state index contributed by atoms with van der Waals surface area (Å²) < 4.78 is 4.71. The van der Waals surface area contributed by atoms with E-state index in [1.165, 1.54) is 6.26 Å². The van der Waals surface area contributed by atoms with Gasteiger partial charge < -0.3 is 9.92 Å². The number of primary amides is 1. The highest BCUT2D eigenvalue weighted by Crippen LogP contribution is 2.14. The number of carbonyl (C=O) groups excluding carboxylic acids is 1. The van der Waals surface area contributed by atoms with Crippen molar-refractivity contribution in [3.8, 4) is 0 Å². The Balaban J connectivity index is 2.69. The van der Waals surface area contributed by atoms with E-state index in [0.29, 0.717) is 5.57 Å². The van der Waals surface area contributed by atoms with Gasteiger partial charge in [-0.05, 0) is 6.08 Å². The van der Waals surface area contributed by atoms with Crippen LogP contribution in [0.15, 0.2) is 23.3 Å². The molecule has 0 saturated carbocycles. The average molecular weight is 143 g/mol. The standard InChI is InChI=1S/C5H5NO2S/c6-5(7)4-1-2-9-8-3-4/h1-3H,(H2,6,7). The zero-order valence-corrected chi connectivity index (χ0v) is 5.35. The van der Waals surface area contributed by atoms with E-state index in [2.05, 4.69) is 0 Å². The van der Waals surface area contributed by atoms with E-state index in [0.717, 1.165) is 12.0 Å². The van der Waals surface area contributed by atoms with Gasteiger partial charge in [0.15, 0.2) is 0 Å². The van der Waals surface area contributed by atoms with Crippen molar-refractivity contribution >= 4 is 17.9 Å². The summed E-state index contributed by atoms with van der Waals surface area (Å²) in [4.78, 5) is 10.4. The molecular weight excluding hydrogens is 138 g/mol. The minimum Gasteiger partial charge on any atom is -0.428 e. The van der Waals surface area contributed by atoms with Crippen LogP contribution in [0.3, 0.4) is 0 Å². The summed E-state index contributed by atoms with van der Waals surface area (Å²) in [6, 6.07) is 0. The summed E-state index contributed by atoms with van der Waals surface area (Å²) in [5.74, 6) is -0.466. The van der Waals surface area contributed by atoms with Crippen LogP contribution in [0.4, 0.5) is 0 Å². The molecule has 9 heavy (non-hydrogen) atoms. The molecule has 1 rings (SSSR count). The second-order valence-electron chi connectivity index (χ2n) is 1.43. The van der Waals surface area contributed by atoms with Crippen LogP contribution < -0.4 is 5.73 Å². The van der Waals surface area contributed by atoms with Crippen LogP contribution in [0.2, 0.25) is 0 Å². The fraction of sp³-hybridized carbons (Fsp3) is 0. The lowest BCUT2D eigenvalue weighted by molar-refractivity contribution is -0.114. The molecule has 0 aliphatic carbocycles. The molecule has 3 nitrogen and oxygen atoms in total. The monoisotopic (exact) mass is 143 g/mol. The number of hydrogen-bond donors (Lipinski definition) is 1. The molecule has 0 aromatic heterocycles. The van der Waals surface area contributed by atoms with E-state index in [-0.39, 0.29) is 0 Å². The van der Waals surface area contributed by atoms with Crippen LogP contribution in [0, 0.1) is 0 Å². The molecule has 0 saturated heterocycles. The van der Waals surface area contributed by atoms with Crippen molar-refractivity contribution < 1.29 is 8.98 Å². The Bertz CT molecular complexity index is 185.